The predicted octanol–water partition coefficient (Wildman–Crippen LogP) is 5.00. The van der Waals surface area contributed by atoms with Crippen LogP contribution in [0.4, 0.5) is 0 Å². The largest absolute Gasteiger partial charge is 0.380 e. The summed E-state index contributed by atoms with van der Waals surface area (Å²) in [5, 5.41) is 2.84. The van der Waals surface area contributed by atoms with Gasteiger partial charge in [0.15, 0.2) is 0 Å². The zero-order chi connectivity index (χ0) is 25.1. The van der Waals surface area contributed by atoms with Gasteiger partial charge in [-0.2, -0.15) is 0 Å². The highest BCUT2D eigenvalue weighted by molar-refractivity contribution is 6.19. The maximum Gasteiger partial charge on any atom is 0.221 e. The third-order valence-corrected chi connectivity index (χ3v) is 6.14. The Morgan fingerprint density at radius 3 is 1.91 bits per heavy atom. The Bertz CT molecular complexity index is 528. The number of halogens is 3. The first kappa shape index (κ1) is 32.6. The second-order valence-corrected chi connectivity index (χ2v) is 10.1. The van der Waals surface area contributed by atoms with Crippen molar-refractivity contribution >= 4 is 52.3 Å². The fourth-order valence-electron chi connectivity index (χ4n) is 3.28. The summed E-state index contributed by atoms with van der Waals surface area (Å²) in [6.45, 7) is 8.36. The number of ketones is 2. The third kappa shape index (κ3) is 16.8. The molecule has 194 valence electrons. The molecule has 1 N–H and O–H groups in total. The Kier molecular flexibility index (Phi) is 19.6. The van der Waals surface area contributed by atoms with Crippen molar-refractivity contribution in [1.29, 1.82) is 0 Å². The highest BCUT2D eigenvalue weighted by atomic mass is 35.5. The molecule has 0 aliphatic heterocycles. The molecular weight excluding hydrogens is 489 g/mol. The van der Waals surface area contributed by atoms with Crippen molar-refractivity contribution in [2.75, 3.05) is 50.6 Å². The topological polar surface area (TPSA) is 81.7 Å². The van der Waals surface area contributed by atoms with Gasteiger partial charge >= 0.3 is 0 Å². The van der Waals surface area contributed by atoms with Crippen LogP contribution >= 0.6 is 34.8 Å². The van der Waals surface area contributed by atoms with Crippen molar-refractivity contribution in [3.63, 3.8) is 0 Å². The molecule has 0 rings (SSSR count). The summed E-state index contributed by atoms with van der Waals surface area (Å²) in [5.74, 6) is 1.52. The number of hydrogen-bond donors (Lipinski definition) is 1. The second kappa shape index (κ2) is 19.9. The van der Waals surface area contributed by atoms with Crippen LogP contribution in [0.15, 0.2) is 0 Å². The number of carbonyl (C=O) groups is 3. The fourth-order valence-corrected chi connectivity index (χ4v) is 3.87. The molecule has 33 heavy (non-hydrogen) atoms. The lowest BCUT2D eigenvalue weighted by atomic mass is 9.81. The Labute approximate surface area is 214 Å². The van der Waals surface area contributed by atoms with Gasteiger partial charge in [0.1, 0.15) is 11.6 Å². The molecule has 3 atom stereocenters. The average Bonchev–Trinajstić information content (AvgIpc) is 2.76. The summed E-state index contributed by atoms with van der Waals surface area (Å²) in [7, 11) is 0. The summed E-state index contributed by atoms with van der Waals surface area (Å²) in [4.78, 5) is 35.6. The number of nitrogens with one attached hydrogen (secondary N) is 1. The SMILES string of the molecule is CCC(COCC(C)CCC(=O)CCCl)(COCC(C)CNC(=O)CCCl)CC(=O)CCCl. The molecule has 0 bridgehead atoms. The molecule has 0 saturated heterocycles. The molecule has 1 amide bonds. The molecule has 0 aromatic heterocycles. The summed E-state index contributed by atoms with van der Waals surface area (Å²) < 4.78 is 12.0. The van der Waals surface area contributed by atoms with E-state index in [2.05, 4.69) is 12.2 Å². The maximum atomic E-state index is 12.4. The first-order valence-electron chi connectivity index (χ1n) is 11.8. The lowest BCUT2D eigenvalue weighted by Crippen LogP contribution is -2.36. The Morgan fingerprint density at radius 1 is 0.818 bits per heavy atom. The Balaban J connectivity index is 4.70. The lowest BCUT2D eigenvalue weighted by molar-refractivity contribution is -0.125. The van der Waals surface area contributed by atoms with Crippen LogP contribution in [-0.2, 0) is 23.9 Å². The van der Waals surface area contributed by atoms with E-state index in [9.17, 15) is 14.4 Å². The number of carbonyl (C=O) groups excluding carboxylic acids is 3. The molecule has 0 aromatic carbocycles. The normalized spacial score (nSPS) is 15.0. The molecule has 0 aliphatic carbocycles. The van der Waals surface area contributed by atoms with Gasteiger partial charge in [-0.25, -0.2) is 0 Å². The van der Waals surface area contributed by atoms with E-state index in [1.807, 2.05) is 13.8 Å². The van der Waals surface area contributed by atoms with Gasteiger partial charge in [-0.1, -0.05) is 20.8 Å². The second-order valence-electron chi connectivity index (χ2n) is 9.01. The van der Waals surface area contributed by atoms with E-state index in [4.69, 9.17) is 44.3 Å². The number of ether oxygens (including phenoxy) is 2. The van der Waals surface area contributed by atoms with E-state index < -0.39 is 5.41 Å². The average molecular weight is 531 g/mol. The molecule has 6 nitrogen and oxygen atoms in total. The van der Waals surface area contributed by atoms with Crippen LogP contribution in [0.25, 0.3) is 0 Å². The zero-order valence-corrected chi connectivity index (χ0v) is 22.7. The Hall–Kier alpha value is -0.400. The molecule has 0 fully saturated rings. The molecule has 0 radical (unpaired) electrons. The first-order valence-corrected chi connectivity index (χ1v) is 13.5. The van der Waals surface area contributed by atoms with E-state index in [0.717, 1.165) is 12.8 Å². The first-order chi connectivity index (χ1) is 15.7. The summed E-state index contributed by atoms with van der Waals surface area (Å²) in [6.07, 6.45) is 3.36. The van der Waals surface area contributed by atoms with Crippen LogP contribution in [0.2, 0.25) is 0 Å². The fraction of sp³-hybridized carbons (Fsp3) is 0.875. The van der Waals surface area contributed by atoms with Crippen molar-refractivity contribution < 1.29 is 23.9 Å². The number of Topliss-reactive ketones (excluding diaryl/α,β-unsaturated/α-hetero) is 2. The standard InChI is InChI=1S/C24H42Cl3NO5/c1-4-24(13-22(30)8-11-26,17-32-15-19(2)5-6-21(29)7-10-25)18-33-16-20(3)14-28-23(31)9-12-27/h19-20H,4-18H2,1-3H3,(H,28,31). The summed E-state index contributed by atoms with van der Waals surface area (Å²) >= 11 is 17.0. The van der Waals surface area contributed by atoms with E-state index in [0.29, 0.717) is 82.7 Å². The van der Waals surface area contributed by atoms with Gasteiger partial charge in [0.2, 0.25) is 5.91 Å². The van der Waals surface area contributed by atoms with Crippen LogP contribution < -0.4 is 5.32 Å². The molecular formula is C24H42Cl3NO5. The minimum atomic E-state index is -0.432. The van der Waals surface area contributed by atoms with Crippen LogP contribution in [-0.4, -0.2) is 68.1 Å². The van der Waals surface area contributed by atoms with Crippen LogP contribution in [0, 0.1) is 17.3 Å². The van der Waals surface area contributed by atoms with Gasteiger partial charge in [0.25, 0.3) is 0 Å². The van der Waals surface area contributed by atoms with Crippen LogP contribution in [0.1, 0.15) is 65.7 Å². The number of rotatable bonds is 22. The van der Waals surface area contributed by atoms with Crippen molar-refractivity contribution in [1.82, 2.24) is 5.32 Å². The molecule has 0 aliphatic rings. The zero-order valence-electron chi connectivity index (χ0n) is 20.4. The third-order valence-electron chi connectivity index (χ3n) is 5.58. The minimum Gasteiger partial charge on any atom is -0.380 e. The lowest BCUT2D eigenvalue weighted by Gasteiger charge is -2.33. The molecule has 0 heterocycles. The highest BCUT2D eigenvalue weighted by Crippen LogP contribution is 2.29. The van der Waals surface area contributed by atoms with Gasteiger partial charge < -0.3 is 14.8 Å². The van der Waals surface area contributed by atoms with E-state index in [-0.39, 0.29) is 29.3 Å². The van der Waals surface area contributed by atoms with Crippen molar-refractivity contribution in [2.45, 2.75) is 65.7 Å². The number of alkyl halides is 3. The quantitative estimate of drug-likeness (QED) is 0.199. The molecule has 0 saturated carbocycles. The van der Waals surface area contributed by atoms with Crippen molar-refractivity contribution in [3.8, 4) is 0 Å². The van der Waals surface area contributed by atoms with Gasteiger partial charge in [-0.3, -0.25) is 14.4 Å². The smallest absolute Gasteiger partial charge is 0.221 e. The molecule has 3 unspecified atom stereocenters. The van der Waals surface area contributed by atoms with Crippen LogP contribution in [0.5, 0.6) is 0 Å². The number of hydrogen-bond acceptors (Lipinski definition) is 5. The minimum absolute atomic E-state index is 0.0710. The van der Waals surface area contributed by atoms with Gasteiger partial charge in [0.05, 0.1) is 19.8 Å². The van der Waals surface area contributed by atoms with E-state index >= 15 is 0 Å². The number of amides is 1. The van der Waals surface area contributed by atoms with Gasteiger partial charge in [-0.05, 0) is 24.7 Å². The highest BCUT2D eigenvalue weighted by Gasteiger charge is 2.32. The van der Waals surface area contributed by atoms with Crippen LogP contribution in [0.3, 0.4) is 0 Å². The molecule has 0 spiro atoms. The van der Waals surface area contributed by atoms with Gasteiger partial charge in [0, 0.05) is 68.3 Å². The summed E-state index contributed by atoms with van der Waals surface area (Å²) in [6, 6.07) is 0. The maximum absolute atomic E-state index is 12.4. The van der Waals surface area contributed by atoms with E-state index in [1.165, 1.54) is 0 Å². The molecule has 0 aromatic rings. The monoisotopic (exact) mass is 529 g/mol. The van der Waals surface area contributed by atoms with Gasteiger partial charge in [-0.15, -0.1) is 34.8 Å². The summed E-state index contributed by atoms with van der Waals surface area (Å²) in [5.41, 5.74) is -0.432. The molecule has 9 heteroatoms. The predicted molar refractivity (Wildman–Crippen MR) is 136 cm³/mol. The van der Waals surface area contributed by atoms with E-state index in [1.54, 1.807) is 0 Å². The Morgan fingerprint density at radius 2 is 1.36 bits per heavy atom. The van der Waals surface area contributed by atoms with Crippen molar-refractivity contribution in [3.05, 3.63) is 0 Å². The van der Waals surface area contributed by atoms with Crippen molar-refractivity contribution in [2.24, 2.45) is 17.3 Å².